The highest BCUT2D eigenvalue weighted by molar-refractivity contribution is 5.79. The van der Waals surface area contributed by atoms with Crippen LogP contribution in [0.25, 0.3) is 0 Å². The maximum absolute atomic E-state index is 5.60. The first-order valence-corrected chi connectivity index (χ1v) is 8.20. The molecule has 2 rings (SSSR count). The molecular weight excluding hydrogens is 250 g/mol. The predicted octanol–water partition coefficient (Wildman–Crippen LogP) is 1.46. The Kier molecular flexibility index (Phi) is 6.10. The molecule has 1 heterocycles. The van der Waals surface area contributed by atoms with Gasteiger partial charge in [0.05, 0.1) is 0 Å². The van der Waals surface area contributed by atoms with E-state index in [1.54, 1.807) is 0 Å². The van der Waals surface area contributed by atoms with Gasteiger partial charge < -0.3 is 10.2 Å². The lowest BCUT2D eigenvalue weighted by atomic mass is 9.96. The fourth-order valence-electron chi connectivity index (χ4n) is 3.27. The highest BCUT2D eigenvalue weighted by Crippen LogP contribution is 2.19. The van der Waals surface area contributed by atoms with Crippen LogP contribution < -0.4 is 16.6 Å². The molecule has 1 unspecified atom stereocenters. The Hall–Kier alpha value is -0.810. The van der Waals surface area contributed by atoms with Crippen molar-refractivity contribution in [1.82, 2.24) is 15.6 Å². The van der Waals surface area contributed by atoms with Gasteiger partial charge in [-0.05, 0) is 45.6 Å². The van der Waals surface area contributed by atoms with E-state index in [4.69, 9.17) is 5.84 Å². The molecule has 5 nitrogen and oxygen atoms in total. The number of hydrazine groups is 1. The van der Waals surface area contributed by atoms with Crippen molar-refractivity contribution < 1.29 is 0 Å². The van der Waals surface area contributed by atoms with Gasteiger partial charge in [0.2, 0.25) is 5.96 Å². The summed E-state index contributed by atoms with van der Waals surface area (Å²) in [5.41, 5.74) is 2.73. The van der Waals surface area contributed by atoms with Crippen molar-refractivity contribution in [3.8, 4) is 0 Å². The summed E-state index contributed by atoms with van der Waals surface area (Å²) < 4.78 is 0. The van der Waals surface area contributed by atoms with Crippen molar-refractivity contribution in [3.63, 3.8) is 0 Å². The van der Waals surface area contributed by atoms with Crippen molar-refractivity contribution in [1.29, 1.82) is 0 Å². The number of nitrogens with two attached hydrogens (primary N) is 1. The van der Waals surface area contributed by atoms with Crippen LogP contribution in [0.2, 0.25) is 0 Å². The second-order valence-corrected chi connectivity index (χ2v) is 6.56. The number of guanidine groups is 1. The summed E-state index contributed by atoms with van der Waals surface area (Å²) in [6, 6.07) is 1.20. The molecule has 0 radical (unpaired) electrons. The van der Waals surface area contributed by atoms with E-state index in [2.05, 4.69) is 34.5 Å². The molecule has 1 aliphatic heterocycles. The van der Waals surface area contributed by atoms with Gasteiger partial charge in [0.15, 0.2) is 0 Å². The second kappa shape index (κ2) is 7.84. The van der Waals surface area contributed by atoms with Gasteiger partial charge in [0.1, 0.15) is 0 Å². The van der Waals surface area contributed by atoms with Gasteiger partial charge in [-0.25, -0.2) is 5.84 Å². The van der Waals surface area contributed by atoms with Crippen LogP contribution in [0.3, 0.4) is 0 Å². The zero-order valence-electron chi connectivity index (χ0n) is 13.1. The fourth-order valence-corrected chi connectivity index (χ4v) is 3.27. The van der Waals surface area contributed by atoms with Crippen LogP contribution in [0.15, 0.2) is 4.99 Å². The van der Waals surface area contributed by atoms with Crippen molar-refractivity contribution in [3.05, 3.63) is 0 Å². The van der Waals surface area contributed by atoms with E-state index in [1.807, 2.05) is 0 Å². The number of nitrogens with one attached hydrogen (secondary N) is 2. The summed E-state index contributed by atoms with van der Waals surface area (Å²) in [5.74, 6) is 7.05. The molecule has 0 spiro atoms. The zero-order chi connectivity index (χ0) is 14.4. The van der Waals surface area contributed by atoms with Crippen molar-refractivity contribution in [2.75, 3.05) is 19.6 Å². The molecule has 1 aliphatic carbocycles. The Morgan fingerprint density at radius 2 is 2.00 bits per heavy atom. The molecule has 2 fully saturated rings. The van der Waals surface area contributed by atoms with E-state index in [-0.39, 0.29) is 0 Å². The summed E-state index contributed by atoms with van der Waals surface area (Å²) in [6.45, 7) is 7.79. The summed E-state index contributed by atoms with van der Waals surface area (Å²) >= 11 is 0. The van der Waals surface area contributed by atoms with E-state index in [1.165, 1.54) is 51.6 Å². The molecule has 2 aliphatic rings. The van der Waals surface area contributed by atoms with Crippen LogP contribution in [0.1, 0.15) is 52.4 Å². The predicted molar refractivity (Wildman–Crippen MR) is 84.4 cm³/mol. The van der Waals surface area contributed by atoms with Gasteiger partial charge in [-0.1, -0.05) is 19.3 Å². The SMILES string of the molecule is CC(C)N1CCC(CN=C(NN)NC2CCCCC2)C1. The fraction of sp³-hybridized carbons (Fsp3) is 0.933. The third kappa shape index (κ3) is 4.63. The Bertz CT molecular complexity index is 309. The Morgan fingerprint density at radius 3 is 2.60 bits per heavy atom. The van der Waals surface area contributed by atoms with Crippen LogP contribution in [-0.2, 0) is 0 Å². The topological polar surface area (TPSA) is 65.7 Å². The first-order valence-electron chi connectivity index (χ1n) is 8.20. The largest absolute Gasteiger partial charge is 0.353 e. The third-order valence-electron chi connectivity index (χ3n) is 4.64. The van der Waals surface area contributed by atoms with E-state index >= 15 is 0 Å². The van der Waals surface area contributed by atoms with E-state index in [0.717, 1.165) is 12.5 Å². The summed E-state index contributed by atoms with van der Waals surface area (Å²) in [7, 11) is 0. The van der Waals surface area contributed by atoms with E-state index in [0.29, 0.717) is 18.0 Å². The maximum Gasteiger partial charge on any atom is 0.205 e. The molecule has 1 atom stereocenters. The lowest BCUT2D eigenvalue weighted by molar-refractivity contribution is 0.266. The molecule has 5 heteroatoms. The van der Waals surface area contributed by atoms with Crippen molar-refractivity contribution in [2.45, 2.75) is 64.5 Å². The number of likely N-dealkylation sites (tertiary alicyclic amines) is 1. The average molecular weight is 281 g/mol. The minimum absolute atomic E-state index is 0.550. The normalized spacial score (nSPS) is 26.2. The second-order valence-electron chi connectivity index (χ2n) is 6.56. The molecule has 0 amide bonds. The number of rotatable bonds is 4. The third-order valence-corrected chi connectivity index (χ3v) is 4.64. The number of aliphatic imine (C=N–C) groups is 1. The monoisotopic (exact) mass is 281 g/mol. The van der Waals surface area contributed by atoms with Crippen LogP contribution in [0.5, 0.6) is 0 Å². The lowest BCUT2D eigenvalue weighted by Crippen LogP contribution is -2.47. The van der Waals surface area contributed by atoms with Gasteiger partial charge in [0, 0.05) is 25.2 Å². The quantitative estimate of drug-likeness (QED) is 0.316. The first kappa shape index (κ1) is 15.6. The molecule has 1 saturated carbocycles. The van der Waals surface area contributed by atoms with Crippen LogP contribution in [-0.4, -0.2) is 42.6 Å². The molecule has 4 N–H and O–H groups in total. The Balaban J connectivity index is 1.76. The highest BCUT2D eigenvalue weighted by Gasteiger charge is 2.24. The Morgan fingerprint density at radius 1 is 1.25 bits per heavy atom. The minimum Gasteiger partial charge on any atom is -0.353 e. The van der Waals surface area contributed by atoms with E-state index < -0.39 is 0 Å². The minimum atomic E-state index is 0.550. The van der Waals surface area contributed by atoms with Crippen molar-refractivity contribution >= 4 is 5.96 Å². The van der Waals surface area contributed by atoms with Gasteiger partial charge in [-0.3, -0.25) is 10.4 Å². The maximum atomic E-state index is 5.60. The molecule has 20 heavy (non-hydrogen) atoms. The van der Waals surface area contributed by atoms with E-state index in [9.17, 15) is 0 Å². The van der Waals surface area contributed by atoms with Gasteiger partial charge >= 0.3 is 0 Å². The standard InChI is InChI=1S/C15H31N5/c1-12(2)20-9-8-13(11-20)10-17-15(19-16)18-14-6-4-3-5-7-14/h12-14H,3-11,16H2,1-2H3,(H2,17,18,19). The van der Waals surface area contributed by atoms with Gasteiger partial charge in [-0.15, -0.1) is 0 Å². The molecule has 0 aromatic rings. The number of hydrogen-bond donors (Lipinski definition) is 3. The van der Waals surface area contributed by atoms with Gasteiger partial charge in [0.25, 0.3) is 0 Å². The summed E-state index contributed by atoms with van der Waals surface area (Å²) in [5, 5.41) is 3.46. The molecule has 0 aromatic carbocycles. The Labute approximate surface area is 123 Å². The molecular formula is C15H31N5. The average Bonchev–Trinajstić information content (AvgIpc) is 2.93. The van der Waals surface area contributed by atoms with Crippen molar-refractivity contribution in [2.24, 2.45) is 16.8 Å². The van der Waals surface area contributed by atoms with Crippen LogP contribution in [0.4, 0.5) is 0 Å². The smallest absolute Gasteiger partial charge is 0.205 e. The number of nitrogens with zero attached hydrogens (tertiary/aromatic N) is 2. The highest BCUT2D eigenvalue weighted by atomic mass is 15.3. The first-order chi connectivity index (χ1) is 9.69. The van der Waals surface area contributed by atoms with Gasteiger partial charge in [-0.2, -0.15) is 0 Å². The molecule has 1 saturated heterocycles. The molecule has 116 valence electrons. The van der Waals surface area contributed by atoms with Crippen LogP contribution in [0, 0.1) is 5.92 Å². The molecule has 0 aromatic heterocycles. The number of hydrogen-bond acceptors (Lipinski definition) is 3. The molecule has 0 bridgehead atoms. The summed E-state index contributed by atoms with van der Waals surface area (Å²) in [4.78, 5) is 7.19. The lowest BCUT2D eigenvalue weighted by Gasteiger charge is -2.24. The summed E-state index contributed by atoms with van der Waals surface area (Å²) in [6.07, 6.45) is 7.75. The zero-order valence-corrected chi connectivity index (χ0v) is 13.1. The van der Waals surface area contributed by atoms with Crippen LogP contribution >= 0.6 is 0 Å².